The molecule has 3 aliphatic carbocycles. The molecule has 3 aliphatic rings. The lowest BCUT2D eigenvalue weighted by Gasteiger charge is -2.09. The summed E-state index contributed by atoms with van der Waals surface area (Å²) in [5.41, 5.74) is 3.00. The third kappa shape index (κ3) is 2.84. The summed E-state index contributed by atoms with van der Waals surface area (Å²) < 4.78 is 1.77. The highest BCUT2D eigenvalue weighted by molar-refractivity contribution is 7.17. The van der Waals surface area contributed by atoms with Crippen molar-refractivity contribution in [1.82, 2.24) is 15.1 Å². The number of anilines is 1. The van der Waals surface area contributed by atoms with Gasteiger partial charge in [0.05, 0.1) is 11.8 Å². The molecule has 5 rings (SSSR count). The minimum Gasteiger partial charge on any atom is -0.349 e. The number of amides is 2. The van der Waals surface area contributed by atoms with Gasteiger partial charge in [0, 0.05) is 30.1 Å². The predicted molar refractivity (Wildman–Crippen MR) is 99.5 cm³/mol. The molecule has 2 saturated carbocycles. The molecule has 2 N–H and O–H groups in total. The van der Waals surface area contributed by atoms with Crippen molar-refractivity contribution in [2.45, 2.75) is 50.5 Å². The molecule has 2 aromatic rings. The van der Waals surface area contributed by atoms with Gasteiger partial charge in [-0.05, 0) is 55.6 Å². The molecule has 0 spiro atoms. The molecule has 0 saturated heterocycles. The van der Waals surface area contributed by atoms with Gasteiger partial charge in [-0.1, -0.05) is 0 Å². The molecular formula is C19H22N4O2S. The fraction of sp³-hybridized carbons (Fsp3) is 0.526. The topological polar surface area (TPSA) is 76.0 Å². The van der Waals surface area contributed by atoms with Crippen molar-refractivity contribution in [3.05, 3.63) is 34.0 Å². The molecule has 0 aromatic carbocycles. The predicted octanol–water partition coefficient (Wildman–Crippen LogP) is 2.60. The first kappa shape index (κ1) is 16.1. The first-order valence-corrected chi connectivity index (χ1v) is 10.2. The second-order valence-electron chi connectivity index (χ2n) is 7.69. The van der Waals surface area contributed by atoms with Gasteiger partial charge in [-0.25, -0.2) is 0 Å². The van der Waals surface area contributed by atoms with Gasteiger partial charge in [0.1, 0.15) is 5.00 Å². The van der Waals surface area contributed by atoms with E-state index in [4.69, 9.17) is 0 Å². The number of nitrogens with zero attached hydrogens (tertiary/aromatic N) is 2. The largest absolute Gasteiger partial charge is 0.349 e. The van der Waals surface area contributed by atoms with Crippen LogP contribution in [0.5, 0.6) is 0 Å². The minimum absolute atomic E-state index is 0.0122. The fourth-order valence-corrected chi connectivity index (χ4v) is 5.20. The molecule has 2 heterocycles. The van der Waals surface area contributed by atoms with Crippen molar-refractivity contribution in [3.8, 4) is 0 Å². The van der Waals surface area contributed by atoms with E-state index >= 15 is 0 Å². The molecule has 6 nitrogen and oxygen atoms in total. The Bertz CT molecular complexity index is 895. The highest BCUT2D eigenvalue weighted by Crippen LogP contribution is 2.48. The van der Waals surface area contributed by atoms with E-state index in [1.807, 2.05) is 19.4 Å². The number of carbonyl (C=O) groups is 2. The van der Waals surface area contributed by atoms with Crippen LogP contribution in [0.3, 0.4) is 0 Å². The number of hydrogen-bond donors (Lipinski definition) is 2. The van der Waals surface area contributed by atoms with Crippen LogP contribution in [0.25, 0.3) is 0 Å². The molecular weight excluding hydrogens is 348 g/mol. The van der Waals surface area contributed by atoms with Crippen molar-refractivity contribution in [2.24, 2.45) is 13.0 Å². The number of aromatic nitrogens is 2. The lowest BCUT2D eigenvalue weighted by Crippen LogP contribution is -2.27. The minimum atomic E-state index is -0.0181. The lowest BCUT2D eigenvalue weighted by molar-refractivity contribution is -0.117. The smallest absolute Gasteiger partial charge is 0.254 e. The summed E-state index contributed by atoms with van der Waals surface area (Å²) in [6.45, 7) is 0. The number of carbonyl (C=O) groups excluding carboxylic acids is 2. The maximum absolute atomic E-state index is 12.7. The summed E-state index contributed by atoms with van der Waals surface area (Å²) >= 11 is 1.59. The average Bonchev–Trinajstić information content (AvgIpc) is 3.45. The zero-order valence-electron chi connectivity index (χ0n) is 14.7. The van der Waals surface area contributed by atoms with E-state index in [0.717, 1.165) is 60.2 Å². The van der Waals surface area contributed by atoms with Crippen LogP contribution in [0, 0.1) is 5.92 Å². The second kappa shape index (κ2) is 5.94. The summed E-state index contributed by atoms with van der Waals surface area (Å²) in [5.74, 6) is 0.246. The van der Waals surface area contributed by atoms with Gasteiger partial charge >= 0.3 is 0 Å². The van der Waals surface area contributed by atoms with E-state index in [2.05, 4.69) is 15.7 Å². The van der Waals surface area contributed by atoms with E-state index in [9.17, 15) is 9.59 Å². The Morgan fingerprint density at radius 2 is 2.15 bits per heavy atom. The zero-order chi connectivity index (χ0) is 17.8. The standard InChI is InChI=1S/C19H22N4O2S/c1-23-9-10(8-20-23)13-7-14(13)17(24)22-19-16(18(25)21-11-5-6-11)12-3-2-4-15(12)26-19/h8-9,11,13-14H,2-7H2,1H3,(H,21,25)(H,22,24). The van der Waals surface area contributed by atoms with Crippen LogP contribution in [0.15, 0.2) is 12.4 Å². The van der Waals surface area contributed by atoms with Crippen LogP contribution >= 0.6 is 11.3 Å². The Kier molecular flexibility index (Phi) is 3.67. The quantitative estimate of drug-likeness (QED) is 0.849. The van der Waals surface area contributed by atoms with Crippen LogP contribution in [-0.2, 0) is 24.7 Å². The van der Waals surface area contributed by atoms with Crippen molar-refractivity contribution < 1.29 is 9.59 Å². The molecule has 0 bridgehead atoms. The number of aryl methyl sites for hydroxylation is 2. The van der Waals surface area contributed by atoms with Gasteiger partial charge in [0.2, 0.25) is 5.91 Å². The van der Waals surface area contributed by atoms with Crippen LogP contribution in [0.1, 0.15) is 58.0 Å². The Hall–Kier alpha value is -2.15. The van der Waals surface area contributed by atoms with Crippen LogP contribution in [0.4, 0.5) is 5.00 Å². The SMILES string of the molecule is Cn1cc(C2CC2C(=O)Nc2sc3c(c2C(=O)NC2CC2)CCC3)cn1. The van der Waals surface area contributed by atoms with E-state index in [1.54, 1.807) is 16.0 Å². The third-order valence-corrected chi connectivity index (χ3v) is 6.79. The number of fused-ring (bicyclic) bond motifs is 1. The molecule has 2 aromatic heterocycles. The molecule has 2 atom stereocenters. The van der Waals surface area contributed by atoms with Gasteiger partial charge < -0.3 is 10.6 Å². The van der Waals surface area contributed by atoms with Gasteiger partial charge in [-0.2, -0.15) is 5.10 Å². The normalized spacial score (nSPS) is 23.6. The van der Waals surface area contributed by atoms with Gasteiger partial charge in [-0.3, -0.25) is 14.3 Å². The van der Waals surface area contributed by atoms with Gasteiger partial charge in [0.25, 0.3) is 5.91 Å². The molecule has 0 radical (unpaired) electrons. The Labute approximate surface area is 156 Å². The molecule has 2 amide bonds. The Balaban J connectivity index is 1.34. The van der Waals surface area contributed by atoms with Crippen LogP contribution in [0.2, 0.25) is 0 Å². The van der Waals surface area contributed by atoms with Crippen LogP contribution in [-0.4, -0.2) is 27.6 Å². The van der Waals surface area contributed by atoms with Gasteiger partial charge in [0.15, 0.2) is 0 Å². The van der Waals surface area contributed by atoms with E-state index < -0.39 is 0 Å². The zero-order valence-corrected chi connectivity index (χ0v) is 15.6. The van der Waals surface area contributed by atoms with Crippen LogP contribution < -0.4 is 10.6 Å². The molecule has 7 heteroatoms. The molecule has 136 valence electrons. The third-order valence-electron chi connectivity index (χ3n) is 5.58. The highest BCUT2D eigenvalue weighted by Gasteiger charge is 2.45. The van der Waals surface area contributed by atoms with E-state index in [1.165, 1.54) is 4.88 Å². The number of hydrogen-bond acceptors (Lipinski definition) is 4. The number of nitrogens with one attached hydrogen (secondary N) is 2. The lowest BCUT2D eigenvalue weighted by atomic mass is 10.1. The van der Waals surface area contributed by atoms with E-state index in [-0.39, 0.29) is 23.7 Å². The van der Waals surface area contributed by atoms with Crippen molar-refractivity contribution >= 4 is 28.2 Å². The first-order valence-electron chi connectivity index (χ1n) is 9.35. The summed E-state index contributed by atoms with van der Waals surface area (Å²) in [6, 6.07) is 0.321. The maximum atomic E-state index is 12.7. The maximum Gasteiger partial charge on any atom is 0.254 e. The van der Waals surface area contributed by atoms with Crippen molar-refractivity contribution in [2.75, 3.05) is 5.32 Å². The number of rotatable bonds is 5. The summed E-state index contributed by atoms with van der Waals surface area (Å²) in [6.07, 6.45) is 9.86. The average molecular weight is 370 g/mol. The summed E-state index contributed by atoms with van der Waals surface area (Å²) in [5, 5.41) is 11.1. The van der Waals surface area contributed by atoms with E-state index in [0.29, 0.717) is 6.04 Å². The summed E-state index contributed by atoms with van der Waals surface area (Å²) in [7, 11) is 1.89. The Morgan fingerprint density at radius 1 is 1.31 bits per heavy atom. The second-order valence-corrected chi connectivity index (χ2v) is 8.80. The van der Waals surface area contributed by atoms with Crippen molar-refractivity contribution in [1.29, 1.82) is 0 Å². The first-order chi connectivity index (χ1) is 12.6. The highest BCUT2D eigenvalue weighted by atomic mass is 32.1. The molecule has 0 aliphatic heterocycles. The number of thiophene rings is 1. The molecule has 26 heavy (non-hydrogen) atoms. The van der Waals surface area contributed by atoms with Crippen molar-refractivity contribution in [3.63, 3.8) is 0 Å². The summed E-state index contributed by atoms with van der Waals surface area (Å²) in [4.78, 5) is 26.7. The molecule has 2 fully saturated rings. The Morgan fingerprint density at radius 3 is 2.88 bits per heavy atom. The van der Waals surface area contributed by atoms with Gasteiger partial charge in [-0.15, -0.1) is 11.3 Å². The fourth-order valence-electron chi connectivity index (χ4n) is 3.91. The molecule has 2 unspecified atom stereocenters. The monoisotopic (exact) mass is 370 g/mol.